The smallest absolute Gasteiger partial charge is 0.304 e. The van der Waals surface area contributed by atoms with Crippen LogP contribution in [-0.2, 0) is 14.4 Å². The van der Waals surface area contributed by atoms with E-state index >= 15 is 0 Å². The van der Waals surface area contributed by atoms with Crippen LogP contribution in [-0.4, -0.2) is 28.9 Å². The van der Waals surface area contributed by atoms with Gasteiger partial charge in [0.2, 0.25) is 11.8 Å². The van der Waals surface area contributed by atoms with Gasteiger partial charge in [0.15, 0.2) is 6.17 Å². The minimum atomic E-state index is -0.946. The highest BCUT2D eigenvalue weighted by atomic mass is 16.7. The number of carbonyl (C=O) groups is 2. The Bertz CT molecular complexity index is 881. The highest BCUT2D eigenvalue weighted by Crippen LogP contribution is 2.27. The van der Waals surface area contributed by atoms with Gasteiger partial charge in [-0.25, -0.2) is 4.99 Å². The Hall–Kier alpha value is -2.41. The van der Waals surface area contributed by atoms with Gasteiger partial charge in [0.25, 0.3) is 0 Å². The molecule has 7 heteroatoms. The SMILES string of the molecule is CCCCCCCCCCCCCCCC[C@H](CC(=O)O)C(=O)N[C@H](C1=NC(c2ccccc2)NO1)C(C)(C)C. The molecular formula is C33H55N3O4. The van der Waals surface area contributed by atoms with Crippen LogP contribution in [0.15, 0.2) is 35.3 Å². The van der Waals surface area contributed by atoms with E-state index in [1.165, 1.54) is 70.6 Å². The number of carboxylic acids is 1. The van der Waals surface area contributed by atoms with Crippen LogP contribution in [0, 0.1) is 11.3 Å². The summed E-state index contributed by atoms with van der Waals surface area (Å²) in [5.41, 5.74) is 3.54. The summed E-state index contributed by atoms with van der Waals surface area (Å²) < 4.78 is 0. The Morgan fingerprint density at radius 1 is 0.900 bits per heavy atom. The van der Waals surface area contributed by atoms with Crippen LogP contribution >= 0.6 is 0 Å². The van der Waals surface area contributed by atoms with Crippen LogP contribution < -0.4 is 10.8 Å². The molecule has 0 bridgehead atoms. The Morgan fingerprint density at radius 2 is 1.43 bits per heavy atom. The monoisotopic (exact) mass is 557 g/mol. The fourth-order valence-electron chi connectivity index (χ4n) is 5.24. The van der Waals surface area contributed by atoms with Gasteiger partial charge >= 0.3 is 5.97 Å². The van der Waals surface area contributed by atoms with Crippen molar-refractivity contribution >= 4 is 17.8 Å². The summed E-state index contributed by atoms with van der Waals surface area (Å²) in [7, 11) is 0. The molecule has 1 aliphatic heterocycles. The van der Waals surface area contributed by atoms with E-state index < -0.39 is 17.9 Å². The van der Waals surface area contributed by atoms with E-state index in [1.54, 1.807) is 0 Å². The number of amides is 1. The zero-order valence-corrected chi connectivity index (χ0v) is 25.6. The Kier molecular flexibility index (Phi) is 15.9. The van der Waals surface area contributed by atoms with Crippen molar-refractivity contribution in [1.82, 2.24) is 10.8 Å². The highest BCUT2D eigenvalue weighted by Gasteiger charge is 2.37. The molecule has 0 spiro atoms. The molecule has 1 aromatic rings. The minimum Gasteiger partial charge on any atom is -0.481 e. The predicted molar refractivity (Wildman–Crippen MR) is 163 cm³/mol. The molecule has 1 aliphatic rings. The standard InChI is InChI=1S/C33H55N3O4/c1-5-6-7-8-9-10-11-12-13-14-15-16-17-19-24-27(25-28(37)38)31(39)34-29(33(2,3)4)32-35-30(36-40-32)26-22-20-18-21-23-26/h18,20-23,27,29-30,36H,5-17,19,24-25H2,1-4H3,(H,34,39)(H,37,38)/t27-,29-,30?/m1/s1. The summed E-state index contributed by atoms with van der Waals surface area (Å²) in [5.74, 6) is -1.34. The predicted octanol–water partition coefficient (Wildman–Crippen LogP) is 8.11. The Labute approximate surface area is 242 Å². The maximum atomic E-state index is 13.3. The van der Waals surface area contributed by atoms with Gasteiger partial charge in [-0.3, -0.25) is 9.59 Å². The van der Waals surface area contributed by atoms with E-state index in [0.29, 0.717) is 12.3 Å². The van der Waals surface area contributed by atoms with Crippen molar-refractivity contribution in [3.05, 3.63) is 35.9 Å². The van der Waals surface area contributed by atoms with Gasteiger partial charge in [0, 0.05) is 5.92 Å². The van der Waals surface area contributed by atoms with Crippen molar-refractivity contribution in [3.63, 3.8) is 0 Å². The quantitative estimate of drug-likeness (QED) is 0.133. The van der Waals surface area contributed by atoms with Crippen molar-refractivity contribution in [2.75, 3.05) is 0 Å². The van der Waals surface area contributed by atoms with Crippen molar-refractivity contribution in [1.29, 1.82) is 0 Å². The van der Waals surface area contributed by atoms with Gasteiger partial charge in [-0.2, -0.15) is 0 Å². The number of aliphatic imine (C=N–C) groups is 1. The second kappa shape index (κ2) is 18.8. The molecule has 7 nitrogen and oxygen atoms in total. The molecule has 1 unspecified atom stereocenters. The molecule has 3 atom stereocenters. The fourth-order valence-corrected chi connectivity index (χ4v) is 5.24. The third kappa shape index (κ3) is 13.3. The van der Waals surface area contributed by atoms with Crippen molar-refractivity contribution in [2.45, 2.75) is 143 Å². The third-order valence-electron chi connectivity index (χ3n) is 7.74. The molecule has 226 valence electrons. The molecule has 0 saturated carbocycles. The average Bonchev–Trinajstić information content (AvgIpc) is 3.40. The number of carbonyl (C=O) groups excluding carboxylic acids is 1. The number of nitrogens with one attached hydrogen (secondary N) is 2. The maximum absolute atomic E-state index is 13.3. The van der Waals surface area contributed by atoms with E-state index in [4.69, 9.17) is 9.83 Å². The molecule has 0 aromatic heterocycles. The number of hydrogen-bond acceptors (Lipinski definition) is 5. The van der Waals surface area contributed by atoms with Gasteiger partial charge in [0.05, 0.1) is 6.42 Å². The third-order valence-corrected chi connectivity index (χ3v) is 7.74. The van der Waals surface area contributed by atoms with Crippen LogP contribution in [0.25, 0.3) is 0 Å². The largest absolute Gasteiger partial charge is 0.481 e. The van der Waals surface area contributed by atoms with Crippen LogP contribution in [0.3, 0.4) is 0 Å². The molecule has 1 heterocycles. The van der Waals surface area contributed by atoms with E-state index in [9.17, 15) is 14.7 Å². The normalized spacial score (nSPS) is 16.7. The lowest BCUT2D eigenvalue weighted by Crippen LogP contribution is -2.51. The topological polar surface area (TPSA) is 100 Å². The summed E-state index contributed by atoms with van der Waals surface area (Å²) in [5, 5.41) is 12.6. The van der Waals surface area contributed by atoms with Gasteiger partial charge in [-0.1, -0.05) is 148 Å². The number of hydroxylamine groups is 1. The van der Waals surface area contributed by atoms with Crippen LogP contribution in [0.5, 0.6) is 0 Å². The van der Waals surface area contributed by atoms with E-state index in [0.717, 1.165) is 24.8 Å². The Balaban J connectivity index is 1.75. The number of unbranched alkanes of at least 4 members (excludes halogenated alkanes) is 13. The van der Waals surface area contributed by atoms with E-state index in [1.807, 2.05) is 51.1 Å². The van der Waals surface area contributed by atoms with Crippen LogP contribution in [0.4, 0.5) is 0 Å². The first-order valence-corrected chi connectivity index (χ1v) is 15.8. The molecule has 0 radical (unpaired) electrons. The molecular weight excluding hydrogens is 502 g/mol. The molecule has 1 aromatic carbocycles. The molecule has 2 rings (SSSR count). The lowest BCUT2D eigenvalue weighted by Gasteiger charge is -2.31. The summed E-state index contributed by atoms with van der Waals surface area (Å²) in [6.07, 6.45) is 17.8. The van der Waals surface area contributed by atoms with E-state index in [-0.39, 0.29) is 23.9 Å². The van der Waals surface area contributed by atoms with Gasteiger partial charge in [-0.15, -0.1) is 5.48 Å². The molecule has 0 aliphatic carbocycles. The lowest BCUT2D eigenvalue weighted by molar-refractivity contribution is -0.141. The van der Waals surface area contributed by atoms with Crippen molar-refractivity contribution in [3.8, 4) is 0 Å². The summed E-state index contributed by atoms with van der Waals surface area (Å²) in [6.45, 7) is 8.30. The van der Waals surface area contributed by atoms with Gasteiger partial charge in [0.1, 0.15) is 6.04 Å². The Morgan fingerprint density at radius 3 is 1.93 bits per heavy atom. The molecule has 0 saturated heterocycles. The molecule has 1 amide bonds. The fraction of sp³-hybridized carbons (Fsp3) is 0.727. The first kappa shape index (κ1) is 33.8. The van der Waals surface area contributed by atoms with Gasteiger partial charge < -0.3 is 15.3 Å². The summed E-state index contributed by atoms with van der Waals surface area (Å²) in [4.78, 5) is 35.3. The molecule has 3 N–H and O–H groups in total. The number of nitrogens with zero attached hydrogens (tertiary/aromatic N) is 1. The second-order valence-corrected chi connectivity index (χ2v) is 12.5. The number of hydrogen-bond donors (Lipinski definition) is 3. The van der Waals surface area contributed by atoms with Gasteiger partial charge in [-0.05, 0) is 17.4 Å². The number of rotatable bonds is 21. The second-order valence-electron chi connectivity index (χ2n) is 12.5. The first-order chi connectivity index (χ1) is 19.2. The van der Waals surface area contributed by atoms with E-state index in [2.05, 4.69) is 17.7 Å². The van der Waals surface area contributed by atoms with Crippen molar-refractivity contribution in [2.24, 2.45) is 16.3 Å². The highest BCUT2D eigenvalue weighted by molar-refractivity contribution is 5.91. The summed E-state index contributed by atoms with van der Waals surface area (Å²) in [6, 6.07) is 9.30. The number of aliphatic carboxylic acids is 1. The van der Waals surface area contributed by atoms with Crippen LogP contribution in [0.2, 0.25) is 0 Å². The maximum Gasteiger partial charge on any atom is 0.304 e. The van der Waals surface area contributed by atoms with Crippen LogP contribution in [0.1, 0.15) is 142 Å². The van der Waals surface area contributed by atoms with Crippen molar-refractivity contribution < 1.29 is 19.5 Å². The number of carboxylic acid groups (broad SMARTS) is 1. The molecule has 0 fully saturated rings. The summed E-state index contributed by atoms with van der Waals surface area (Å²) >= 11 is 0. The zero-order valence-electron chi connectivity index (χ0n) is 25.6. The average molecular weight is 558 g/mol. The zero-order chi connectivity index (χ0) is 29.2. The first-order valence-electron chi connectivity index (χ1n) is 15.8. The molecule has 40 heavy (non-hydrogen) atoms. The lowest BCUT2D eigenvalue weighted by atomic mass is 9.85. The minimum absolute atomic E-state index is 0.167. The number of benzene rings is 1.